The predicted octanol–water partition coefficient (Wildman–Crippen LogP) is 1.97. The van der Waals surface area contributed by atoms with Crippen molar-refractivity contribution in [2.75, 3.05) is 12.3 Å². The molecule has 19 heavy (non-hydrogen) atoms. The minimum atomic E-state index is -0.849. The molecule has 108 valence electrons. The van der Waals surface area contributed by atoms with Crippen LogP contribution in [0.25, 0.3) is 0 Å². The third-order valence-electron chi connectivity index (χ3n) is 4.10. The van der Waals surface area contributed by atoms with E-state index in [2.05, 4.69) is 17.6 Å². The normalized spacial score (nSPS) is 28.5. The van der Waals surface area contributed by atoms with E-state index in [0.29, 0.717) is 6.54 Å². The highest BCUT2D eigenvalue weighted by Crippen LogP contribution is 2.37. The van der Waals surface area contributed by atoms with Crippen LogP contribution >= 0.6 is 11.8 Å². The minimum Gasteiger partial charge on any atom is -0.481 e. The molecule has 2 aliphatic rings. The molecule has 0 aromatic heterocycles. The molecular weight excluding hydrogens is 264 g/mol. The molecule has 5 nitrogen and oxygen atoms in total. The smallest absolute Gasteiger partial charge is 0.315 e. The van der Waals surface area contributed by atoms with E-state index in [0.717, 1.165) is 31.4 Å². The highest BCUT2D eigenvalue weighted by atomic mass is 32.2. The van der Waals surface area contributed by atoms with Crippen molar-refractivity contribution in [3.63, 3.8) is 0 Å². The molecule has 2 rings (SSSR count). The van der Waals surface area contributed by atoms with Crippen molar-refractivity contribution >= 4 is 23.8 Å². The van der Waals surface area contributed by atoms with E-state index in [4.69, 9.17) is 5.11 Å². The largest absolute Gasteiger partial charge is 0.481 e. The molecule has 1 heterocycles. The summed E-state index contributed by atoms with van der Waals surface area (Å²) in [6.07, 6.45) is 4.86. The van der Waals surface area contributed by atoms with Gasteiger partial charge in [0.25, 0.3) is 0 Å². The van der Waals surface area contributed by atoms with E-state index in [9.17, 15) is 9.59 Å². The van der Waals surface area contributed by atoms with Crippen molar-refractivity contribution < 1.29 is 14.7 Å². The molecule has 6 heteroatoms. The molecule has 2 fully saturated rings. The molecule has 1 saturated carbocycles. The average Bonchev–Trinajstić information content (AvgIpc) is 2.71. The Labute approximate surface area is 117 Å². The van der Waals surface area contributed by atoms with Gasteiger partial charge in [-0.2, -0.15) is 11.8 Å². The highest BCUT2D eigenvalue weighted by molar-refractivity contribution is 8.00. The first-order chi connectivity index (χ1) is 8.93. The molecule has 2 amide bonds. The van der Waals surface area contributed by atoms with E-state index >= 15 is 0 Å². The van der Waals surface area contributed by atoms with Crippen LogP contribution in [0, 0.1) is 0 Å². The summed E-state index contributed by atoms with van der Waals surface area (Å²) in [5, 5.41) is 14.7. The Hall–Kier alpha value is -0.910. The maximum atomic E-state index is 11.9. The number of carbonyl (C=O) groups excluding carboxylic acids is 1. The summed E-state index contributed by atoms with van der Waals surface area (Å²) in [6.45, 7) is 2.81. The maximum Gasteiger partial charge on any atom is 0.315 e. The second kappa shape index (κ2) is 5.61. The second-order valence-corrected chi connectivity index (χ2v) is 7.60. The average molecular weight is 286 g/mol. The fourth-order valence-electron chi connectivity index (χ4n) is 2.77. The number of rotatable bonds is 5. The van der Waals surface area contributed by atoms with Gasteiger partial charge in [0, 0.05) is 11.3 Å². The van der Waals surface area contributed by atoms with Gasteiger partial charge in [0.15, 0.2) is 0 Å². The summed E-state index contributed by atoms with van der Waals surface area (Å²) in [6, 6.07) is -0.227. The van der Waals surface area contributed by atoms with E-state index in [1.165, 1.54) is 6.42 Å². The predicted molar refractivity (Wildman–Crippen MR) is 75.5 cm³/mol. The molecular formula is C13H22N2O3S. The number of carboxylic acid groups (broad SMARTS) is 1. The van der Waals surface area contributed by atoms with E-state index in [1.807, 2.05) is 11.8 Å². The fourth-order valence-corrected chi connectivity index (χ4v) is 4.01. The van der Waals surface area contributed by atoms with Crippen LogP contribution in [0.3, 0.4) is 0 Å². The Bertz CT molecular complexity index is 363. The summed E-state index contributed by atoms with van der Waals surface area (Å²) in [7, 11) is 0. The zero-order chi connectivity index (χ0) is 13.9. The Morgan fingerprint density at radius 2 is 2.00 bits per heavy atom. The molecule has 0 aromatic rings. The van der Waals surface area contributed by atoms with Crippen LogP contribution in [0.15, 0.2) is 0 Å². The molecule has 0 aromatic carbocycles. The number of urea groups is 1. The van der Waals surface area contributed by atoms with Crippen LogP contribution in [0.4, 0.5) is 4.79 Å². The lowest BCUT2D eigenvalue weighted by molar-refractivity contribution is -0.139. The second-order valence-electron chi connectivity index (χ2n) is 5.91. The van der Waals surface area contributed by atoms with Gasteiger partial charge >= 0.3 is 12.0 Å². The van der Waals surface area contributed by atoms with Crippen molar-refractivity contribution in [1.82, 2.24) is 10.6 Å². The van der Waals surface area contributed by atoms with Crippen molar-refractivity contribution in [2.24, 2.45) is 0 Å². The lowest BCUT2D eigenvalue weighted by Gasteiger charge is -2.41. The van der Waals surface area contributed by atoms with Gasteiger partial charge in [0.05, 0.1) is 12.0 Å². The first-order valence-corrected chi connectivity index (χ1v) is 7.84. The molecule has 0 spiro atoms. The minimum absolute atomic E-state index is 0.0203. The lowest BCUT2D eigenvalue weighted by atomic mass is 9.74. The summed E-state index contributed by atoms with van der Waals surface area (Å²) in [5.41, 5.74) is -0.514. The van der Waals surface area contributed by atoms with Gasteiger partial charge in [0.2, 0.25) is 0 Å². The zero-order valence-corrected chi connectivity index (χ0v) is 12.1. The van der Waals surface area contributed by atoms with Gasteiger partial charge in [-0.25, -0.2) is 4.79 Å². The van der Waals surface area contributed by atoms with Gasteiger partial charge in [0.1, 0.15) is 0 Å². The van der Waals surface area contributed by atoms with Crippen LogP contribution in [0.1, 0.15) is 45.4 Å². The Balaban J connectivity index is 1.78. The molecule has 3 N–H and O–H groups in total. The molecule has 1 atom stereocenters. The summed E-state index contributed by atoms with van der Waals surface area (Å²) < 4.78 is 0.136. The van der Waals surface area contributed by atoms with E-state index < -0.39 is 11.5 Å². The summed E-state index contributed by atoms with van der Waals surface area (Å²) >= 11 is 1.90. The SMILES string of the molecule is CC1(CNC(=O)NC2(CC(=O)O)CCC2)CCCS1. The van der Waals surface area contributed by atoms with E-state index in [1.54, 1.807) is 0 Å². The van der Waals surface area contributed by atoms with Crippen molar-refractivity contribution in [2.45, 2.75) is 55.7 Å². The Morgan fingerprint density at radius 3 is 2.47 bits per heavy atom. The topological polar surface area (TPSA) is 78.4 Å². The summed E-state index contributed by atoms with van der Waals surface area (Å²) in [5.74, 6) is 0.307. The van der Waals surface area contributed by atoms with Gasteiger partial charge in [-0.3, -0.25) is 4.79 Å². The number of carboxylic acids is 1. The van der Waals surface area contributed by atoms with Gasteiger partial charge in [-0.05, 0) is 44.8 Å². The Morgan fingerprint density at radius 1 is 1.26 bits per heavy atom. The van der Waals surface area contributed by atoms with E-state index in [-0.39, 0.29) is 17.2 Å². The molecule has 0 radical (unpaired) electrons. The molecule has 1 saturated heterocycles. The molecule has 1 aliphatic heterocycles. The van der Waals surface area contributed by atoms with Crippen molar-refractivity contribution in [3.05, 3.63) is 0 Å². The third-order valence-corrected chi connectivity index (χ3v) is 5.64. The van der Waals surface area contributed by atoms with Crippen molar-refractivity contribution in [3.8, 4) is 0 Å². The summed E-state index contributed by atoms with van der Waals surface area (Å²) in [4.78, 5) is 22.7. The zero-order valence-electron chi connectivity index (χ0n) is 11.3. The Kier molecular flexibility index (Phi) is 4.28. The van der Waals surface area contributed by atoms with Gasteiger partial charge in [-0.1, -0.05) is 0 Å². The number of aliphatic carboxylic acids is 1. The number of amides is 2. The monoisotopic (exact) mass is 286 g/mol. The maximum absolute atomic E-state index is 11.9. The standard InChI is InChI=1S/C13H22N2O3S/c1-12(4-3-7-19-12)9-14-11(18)15-13(5-2-6-13)8-10(16)17/h2-9H2,1H3,(H,16,17)(H2,14,15,18). The van der Waals surface area contributed by atoms with Gasteiger partial charge in [-0.15, -0.1) is 0 Å². The number of carbonyl (C=O) groups is 2. The number of thioether (sulfide) groups is 1. The fraction of sp³-hybridized carbons (Fsp3) is 0.846. The first-order valence-electron chi connectivity index (χ1n) is 6.85. The first kappa shape index (κ1) is 14.5. The molecule has 0 bridgehead atoms. The number of nitrogens with one attached hydrogen (secondary N) is 2. The molecule has 1 aliphatic carbocycles. The molecule has 1 unspecified atom stereocenters. The quantitative estimate of drug-likeness (QED) is 0.722. The van der Waals surface area contributed by atoms with Crippen LogP contribution in [0.5, 0.6) is 0 Å². The van der Waals surface area contributed by atoms with Crippen LogP contribution in [-0.2, 0) is 4.79 Å². The van der Waals surface area contributed by atoms with Crippen LogP contribution < -0.4 is 10.6 Å². The lowest BCUT2D eigenvalue weighted by Crippen LogP contribution is -2.58. The number of hydrogen-bond acceptors (Lipinski definition) is 3. The van der Waals surface area contributed by atoms with Gasteiger partial charge < -0.3 is 15.7 Å². The number of hydrogen-bond donors (Lipinski definition) is 3. The van der Waals surface area contributed by atoms with Crippen LogP contribution in [0.2, 0.25) is 0 Å². The third kappa shape index (κ3) is 3.78. The van der Waals surface area contributed by atoms with Crippen LogP contribution in [-0.4, -0.2) is 39.7 Å². The van der Waals surface area contributed by atoms with Crippen molar-refractivity contribution in [1.29, 1.82) is 0 Å². The highest BCUT2D eigenvalue weighted by Gasteiger charge is 2.40.